The average Bonchev–Trinajstić information content (AvgIpc) is 2.81. The van der Waals surface area contributed by atoms with E-state index in [1.54, 1.807) is 0 Å². The van der Waals surface area contributed by atoms with Gasteiger partial charge in [-0.2, -0.15) is 0 Å². The molecule has 0 saturated carbocycles. The van der Waals surface area contributed by atoms with Gasteiger partial charge in [-0.3, -0.25) is 9.78 Å². The van der Waals surface area contributed by atoms with Crippen molar-refractivity contribution in [3.8, 4) is 11.5 Å². The number of rotatable bonds is 0. The van der Waals surface area contributed by atoms with Crippen LogP contribution in [0.25, 0.3) is 10.9 Å². The van der Waals surface area contributed by atoms with Crippen molar-refractivity contribution in [2.24, 2.45) is 5.41 Å². The van der Waals surface area contributed by atoms with Crippen LogP contribution in [0.15, 0.2) is 12.1 Å². The van der Waals surface area contributed by atoms with Crippen molar-refractivity contribution >= 4 is 16.7 Å². The number of carbonyl (C=O) groups is 1. The monoisotopic (exact) mass is 283 g/mol. The zero-order valence-electron chi connectivity index (χ0n) is 12.4. The van der Waals surface area contributed by atoms with Gasteiger partial charge in [-0.15, -0.1) is 0 Å². The molecule has 1 aliphatic heterocycles. The molecule has 1 aliphatic carbocycles. The summed E-state index contributed by atoms with van der Waals surface area (Å²) in [5.41, 5.74) is 3.59. The molecule has 1 aromatic heterocycles. The van der Waals surface area contributed by atoms with Gasteiger partial charge in [-0.25, -0.2) is 0 Å². The SMILES string of the molecule is Cc1c2c(nc3cc4c(cc13)OCO4)CC(C)(C)CC2=O. The van der Waals surface area contributed by atoms with Crippen LogP contribution in [-0.4, -0.2) is 17.6 Å². The molecule has 0 spiro atoms. The van der Waals surface area contributed by atoms with Crippen LogP contribution in [0.4, 0.5) is 0 Å². The average molecular weight is 283 g/mol. The summed E-state index contributed by atoms with van der Waals surface area (Å²) in [6.45, 7) is 6.49. The van der Waals surface area contributed by atoms with Gasteiger partial charge in [0, 0.05) is 23.4 Å². The van der Waals surface area contributed by atoms with Gasteiger partial charge >= 0.3 is 0 Å². The number of hydrogen-bond donors (Lipinski definition) is 0. The molecule has 0 unspecified atom stereocenters. The van der Waals surface area contributed by atoms with E-state index in [1.165, 1.54) is 0 Å². The van der Waals surface area contributed by atoms with Crippen LogP contribution in [0.3, 0.4) is 0 Å². The lowest BCUT2D eigenvalue weighted by Gasteiger charge is -2.30. The number of pyridine rings is 1. The second-order valence-electron chi connectivity index (χ2n) is 6.72. The molecule has 2 heterocycles. The fraction of sp³-hybridized carbons (Fsp3) is 0.412. The fourth-order valence-corrected chi connectivity index (χ4v) is 3.41. The molecule has 0 fully saturated rings. The summed E-state index contributed by atoms with van der Waals surface area (Å²) in [6.07, 6.45) is 1.41. The number of ether oxygens (including phenoxy) is 2. The molecule has 0 amide bonds. The van der Waals surface area contributed by atoms with Crippen molar-refractivity contribution in [2.75, 3.05) is 6.79 Å². The van der Waals surface area contributed by atoms with Crippen LogP contribution in [0.2, 0.25) is 0 Å². The number of fused-ring (bicyclic) bond motifs is 3. The predicted molar refractivity (Wildman–Crippen MR) is 79.0 cm³/mol. The number of carbonyl (C=O) groups excluding carboxylic acids is 1. The van der Waals surface area contributed by atoms with E-state index < -0.39 is 0 Å². The molecular weight excluding hydrogens is 266 g/mol. The molecule has 0 atom stereocenters. The minimum atomic E-state index is -0.0203. The van der Waals surface area contributed by atoms with E-state index in [0.29, 0.717) is 6.42 Å². The first kappa shape index (κ1) is 12.6. The highest BCUT2D eigenvalue weighted by atomic mass is 16.7. The standard InChI is InChI=1S/C17H17NO3/c1-9-10-4-14-15(21-8-20-14)5-11(10)18-12-6-17(2,3)7-13(19)16(9)12/h4-5H,6-8H2,1-3H3. The van der Waals surface area contributed by atoms with Gasteiger partial charge in [-0.05, 0) is 30.4 Å². The normalized spacial score (nSPS) is 18.9. The van der Waals surface area contributed by atoms with Crippen LogP contribution in [0.5, 0.6) is 11.5 Å². The molecule has 2 aromatic rings. The molecule has 0 N–H and O–H groups in total. The van der Waals surface area contributed by atoms with E-state index in [2.05, 4.69) is 13.8 Å². The third kappa shape index (κ3) is 1.82. The Balaban J connectivity index is 2.01. The molecule has 2 aliphatic rings. The third-order valence-electron chi connectivity index (χ3n) is 4.38. The van der Waals surface area contributed by atoms with Crippen LogP contribution in [0.1, 0.15) is 41.9 Å². The summed E-state index contributed by atoms with van der Waals surface area (Å²) in [5.74, 6) is 1.66. The van der Waals surface area contributed by atoms with E-state index >= 15 is 0 Å². The summed E-state index contributed by atoms with van der Waals surface area (Å²) < 4.78 is 10.9. The molecular formula is C17H17NO3. The zero-order chi connectivity index (χ0) is 14.8. The number of aryl methyl sites for hydroxylation is 1. The van der Waals surface area contributed by atoms with Crippen molar-refractivity contribution in [1.29, 1.82) is 0 Å². The molecule has 4 nitrogen and oxygen atoms in total. The molecule has 0 radical (unpaired) electrons. The predicted octanol–water partition coefficient (Wildman–Crippen LogP) is 3.43. The third-order valence-corrected chi connectivity index (χ3v) is 4.38. The van der Waals surface area contributed by atoms with Crippen LogP contribution < -0.4 is 9.47 Å². The number of hydrogen-bond acceptors (Lipinski definition) is 4. The van der Waals surface area contributed by atoms with Crippen LogP contribution >= 0.6 is 0 Å². The highest BCUT2D eigenvalue weighted by molar-refractivity contribution is 6.04. The first-order valence-corrected chi connectivity index (χ1v) is 7.21. The Bertz CT molecular complexity index is 792. The topological polar surface area (TPSA) is 48.4 Å². The largest absolute Gasteiger partial charge is 0.454 e. The molecule has 0 bridgehead atoms. The number of Topliss-reactive ketones (excluding diaryl/α,β-unsaturated/α-hetero) is 1. The van der Waals surface area contributed by atoms with E-state index in [1.807, 2.05) is 19.1 Å². The highest BCUT2D eigenvalue weighted by Crippen LogP contribution is 2.41. The lowest BCUT2D eigenvalue weighted by Crippen LogP contribution is -2.28. The Morgan fingerprint density at radius 2 is 1.86 bits per heavy atom. The second-order valence-corrected chi connectivity index (χ2v) is 6.72. The molecule has 4 heteroatoms. The minimum absolute atomic E-state index is 0.0203. The lowest BCUT2D eigenvalue weighted by molar-refractivity contribution is 0.0910. The lowest BCUT2D eigenvalue weighted by atomic mass is 9.74. The van der Waals surface area contributed by atoms with Gasteiger partial charge in [0.15, 0.2) is 17.3 Å². The van der Waals surface area contributed by atoms with E-state index in [0.717, 1.165) is 45.6 Å². The molecule has 108 valence electrons. The van der Waals surface area contributed by atoms with Gasteiger partial charge in [-0.1, -0.05) is 13.8 Å². The zero-order valence-corrected chi connectivity index (χ0v) is 12.4. The first-order valence-electron chi connectivity index (χ1n) is 7.21. The van der Waals surface area contributed by atoms with Gasteiger partial charge in [0.25, 0.3) is 0 Å². The first-order chi connectivity index (χ1) is 9.94. The van der Waals surface area contributed by atoms with Crippen molar-refractivity contribution in [3.05, 3.63) is 29.0 Å². The van der Waals surface area contributed by atoms with Crippen LogP contribution in [0, 0.1) is 12.3 Å². The number of nitrogens with zero attached hydrogens (tertiary/aromatic N) is 1. The van der Waals surface area contributed by atoms with Gasteiger partial charge in [0.1, 0.15) is 0 Å². The second kappa shape index (κ2) is 3.97. The van der Waals surface area contributed by atoms with E-state index in [9.17, 15) is 4.79 Å². The summed E-state index contributed by atoms with van der Waals surface area (Å²) in [7, 11) is 0. The Kier molecular flexibility index (Phi) is 2.39. The quantitative estimate of drug-likeness (QED) is 0.743. The van der Waals surface area contributed by atoms with Gasteiger partial charge in [0.2, 0.25) is 6.79 Å². The Morgan fingerprint density at radius 3 is 2.62 bits per heavy atom. The van der Waals surface area contributed by atoms with Gasteiger partial charge in [0.05, 0.1) is 11.2 Å². The van der Waals surface area contributed by atoms with Crippen molar-refractivity contribution in [2.45, 2.75) is 33.6 Å². The summed E-state index contributed by atoms with van der Waals surface area (Å²) in [4.78, 5) is 17.2. The number of aromatic nitrogens is 1. The van der Waals surface area contributed by atoms with E-state index in [-0.39, 0.29) is 18.0 Å². The summed E-state index contributed by atoms with van der Waals surface area (Å²) in [5, 5.41) is 0.978. The van der Waals surface area contributed by atoms with Crippen LogP contribution in [-0.2, 0) is 6.42 Å². The summed E-state index contributed by atoms with van der Waals surface area (Å²) in [6, 6.07) is 3.85. The Morgan fingerprint density at radius 1 is 1.14 bits per heavy atom. The maximum atomic E-state index is 12.5. The summed E-state index contributed by atoms with van der Waals surface area (Å²) >= 11 is 0. The fourth-order valence-electron chi connectivity index (χ4n) is 3.41. The number of ketones is 1. The molecule has 1 aromatic carbocycles. The van der Waals surface area contributed by atoms with Gasteiger partial charge < -0.3 is 9.47 Å². The molecule has 21 heavy (non-hydrogen) atoms. The molecule has 4 rings (SSSR count). The number of benzene rings is 1. The van der Waals surface area contributed by atoms with Crippen molar-refractivity contribution < 1.29 is 14.3 Å². The molecule has 0 saturated heterocycles. The van der Waals surface area contributed by atoms with Crippen molar-refractivity contribution in [1.82, 2.24) is 4.98 Å². The Labute approximate surface area is 123 Å². The van der Waals surface area contributed by atoms with E-state index in [4.69, 9.17) is 14.5 Å². The highest BCUT2D eigenvalue weighted by Gasteiger charge is 2.34. The maximum absolute atomic E-state index is 12.5. The minimum Gasteiger partial charge on any atom is -0.454 e. The smallest absolute Gasteiger partial charge is 0.231 e. The maximum Gasteiger partial charge on any atom is 0.231 e. The van der Waals surface area contributed by atoms with Crippen molar-refractivity contribution in [3.63, 3.8) is 0 Å². The Hall–Kier alpha value is -2.10.